The van der Waals surface area contributed by atoms with Crippen molar-refractivity contribution in [3.63, 3.8) is 0 Å². The van der Waals surface area contributed by atoms with Crippen molar-refractivity contribution in [1.82, 2.24) is 15.5 Å². The first-order chi connectivity index (χ1) is 13.8. The van der Waals surface area contributed by atoms with Crippen LogP contribution in [-0.4, -0.2) is 32.2 Å². The van der Waals surface area contributed by atoms with Crippen LogP contribution in [0.4, 0.5) is 5.13 Å². The van der Waals surface area contributed by atoms with E-state index in [0.717, 1.165) is 42.5 Å². The molecule has 1 aliphatic rings. The molecule has 2 amide bonds. The fraction of sp³-hybridized carbons (Fsp3) is 0.700. The Morgan fingerprint density at radius 2 is 1.70 bits per heavy atom. The lowest BCUT2D eigenvalue weighted by molar-refractivity contribution is -0.127. The van der Waals surface area contributed by atoms with Crippen LogP contribution < -0.4 is 10.6 Å². The summed E-state index contributed by atoms with van der Waals surface area (Å²) >= 11 is 2.42. The molecule has 1 saturated carbocycles. The molecular formula is C20H32N6O2S2. The van der Waals surface area contributed by atoms with Crippen LogP contribution in [0, 0.1) is 33.5 Å². The molecule has 0 radical (unpaired) electrons. The van der Waals surface area contributed by atoms with E-state index in [1.807, 2.05) is 20.8 Å². The van der Waals surface area contributed by atoms with Gasteiger partial charge >= 0.3 is 0 Å². The van der Waals surface area contributed by atoms with Crippen molar-refractivity contribution < 1.29 is 9.59 Å². The molecule has 2 atom stereocenters. The average Bonchev–Trinajstić information content (AvgIpc) is 3.23. The maximum atomic E-state index is 12.1. The van der Waals surface area contributed by atoms with Crippen molar-refractivity contribution in [3.8, 4) is 0 Å². The zero-order valence-corrected chi connectivity index (χ0v) is 20.1. The van der Waals surface area contributed by atoms with Crippen molar-refractivity contribution in [2.75, 3.05) is 5.32 Å². The number of nitrogens with one attached hydrogen (secondary N) is 4. The summed E-state index contributed by atoms with van der Waals surface area (Å²) in [6, 6.07) is 0. The van der Waals surface area contributed by atoms with Crippen LogP contribution in [-0.2, 0) is 16.0 Å². The molecular weight excluding hydrogens is 420 g/mol. The third-order valence-corrected chi connectivity index (χ3v) is 6.58. The summed E-state index contributed by atoms with van der Waals surface area (Å²) in [4.78, 5) is 24.1. The molecule has 1 heterocycles. The minimum atomic E-state index is -0.569. The van der Waals surface area contributed by atoms with E-state index >= 15 is 0 Å². The molecule has 2 rings (SSSR count). The molecule has 0 bridgehead atoms. The molecule has 1 aromatic heterocycles. The quantitative estimate of drug-likeness (QED) is 0.400. The van der Waals surface area contributed by atoms with Crippen LogP contribution in [0.25, 0.3) is 0 Å². The van der Waals surface area contributed by atoms with E-state index in [9.17, 15) is 9.59 Å². The van der Waals surface area contributed by atoms with Crippen LogP contribution >= 0.6 is 23.1 Å². The van der Waals surface area contributed by atoms with Crippen LogP contribution in [0.15, 0.2) is 0 Å². The second-order valence-corrected chi connectivity index (χ2v) is 11.9. The highest BCUT2D eigenvalue weighted by Gasteiger charge is 2.30. The normalized spacial score (nSPS) is 19.4. The van der Waals surface area contributed by atoms with Gasteiger partial charge in [0.2, 0.25) is 16.9 Å². The smallest absolute Gasteiger partial charge is 0.231 e. The molecule has 1 fully saturated rings. The van der Waals surface area contributed by atoms with Crippen molar-refractivity contribution >= 4 is 50.3 Å². The highest BCUT2D eigenvalue weighted by molar-refractivity contribution is 8.26. The van der Waals surface area contributed by atoms with Gasteiger partial charge in [0.1, 0.15) is 5.01 Å². The van der Waals surface area contributed by atoms with Gasteiger partial charge in [-0.15, -0.1) is 10.2 Å². The predicted molar refractivity (Wildman–Crippen MR) is 123 cm³/mol. The number of hydrogen-bond donors (Lipinski definition) is 4. The van der Waals surface area contributed by atoms with Crippen LogP contribution in [0.3, 0.4) is 0 Å². The van der Waals surface area contributed by atoms with E-state index in [4.69, 9.17) is 10.8 Å². The standard InChI is InChI=1S/C20H32N6O2S2/c1-19(2,3)15(27)23-17(22)30-14(21)12-8-7-11(9-12)10-13-25-26-18(29-13)24-16(28)20(4,5)6/h11-12,21H,7-10H2,1-6H3,(H2,22,23,27)(H,24,26,28). The second-order valence-electron chi connectivity index (χ2n) is 9.78. The summed E-state index contributed by atoms with van der Waals surface area (Å²) in [5, 5.41) is 31.8. The zero-order chi connectivity index (χ0) is 22.7. The Hall–Kier alpha value is -1.81. The van der Waals surface area contributed by atoms with Crippen LogP contribution in [0.2, 0.25) is 0 Å². The lowest BCUT2D eigenvalue weighted by Gasteiger charge is -2.18. The second kappa shape index (κ2) is 9.55. The molecule has 166 valence electrons. The van der Waals surface area contributed by atoms with Crippen molar-refractivity contribution in [2.45, 2.75) is 67.2 Å². The minimum absolute atomic E-state index is 0.00623. The zero-order valence-electron chi connectivity index (χ0n) is 18.5. The van der Waals surface area contributed by atoms with E-state index < -0.39 is 10.8 Å². The Labute approximate surface area is 186 Å². The highest BCUT2D eigenvalue weighted by Crippen LogP contribution is 2.37. The summed E-state index contributed by atoms with van der Waals surface area (Å²) in [6.45, 7) is 10.9. The lowest BCUT2D eigenvalue weighted by Crippen LogP contribution is -2.37. The maximum absolute atomic E-state index is 12.1. The van der Waals surface area contributed by atoms with Gasteiger partial charge < -0.3 is 10.6 Å². The van der Waals surface area contributed by atoms with Gasteiger partial charge in [-0.3, -0.25) is 20.4 Å². The summed E-state index contributed by atoms with van der Waals surface area (Å²) < 4.78 is 0. The van der Waals surface area contributed by atoms with Gasteiger partial charge in [0.15, 0.2) is 5.17 Å². The first-order valence-corrected chi connectivity index (χ1v) is 11.7. The van der Waals surface area contributed by atoms with E-state index in [0.29, 0.717) is 16.1 Å². The van der Waals surface area contributed by atoms with Gasteiger partial charge in [0.25, 0.3) is 0 Å². The number of aromatic nitrogens is 2. The van der Waals surface area contributed by atoms with Gasteiger partial charge in [0, 0.05) is 23.2 Å². The van der Waals surface area contributed by atoms with E-state index in [2.05, 4.69) is 20.8 Å². The first kappa shape index (κ1) is 24.5. The largest absolute Gasteiger partial charge is 0.305 e. The van der Waals surface area contributed by atoms with Crippen molar-refractivity contribution in [1.29, 1.82) is 10.8 Å². The first-order valence-electron chi connectivity index (χ1n) is 10.1. The Morgan fingerprint density at radius 1 is 1.07 bits per heavy atom. The van der Waals surface area contributed by atoms with Gasteiger partial charge in [0.05, 0.1) is 5.04 Å². The summed E-state index contributed by atoms with van der Waals surface area (Å²) in [5.74, 6) is 0.189. The van der Waals surface area contributed by atoms with E-state index in [1.165, 1.54) is 11.3 Å². The Balaban J connectivity index is 1.82. The summed E-state index contributed by atoms with van der Waals surface area (Å²) in [7, 11) is 0. The molecule has 0 saturated heterocycles. The molecule has 10 heteroatoms. The molecule has 4 N–H and O–H groups in total. The van der Waals surface area contributed by atoms with Gasteiger partial charge in [-0.25, -0.2) is 0 Å². The number of nitrogens with zero attached hydrogens (tertiary/aromatic N) is 2. The van der Waals surface area contributed by atoms with Crippen LogP contribution in [0.5, 0.6) is 0 Å². The Bertz CT molecular complexity index is 822. The number of carbonyl (C=O) groups excluding carboxylic acids is 2. The maximum Gasteiger partial charge on any atom is 0.231 e. The minimum Gasteiger partial charge on any atom is -0.305 e. The van der Waals surface area contributed by atoms with Gasteiger partial charge in [-0.05, 0) is 36.9 Å². The number of thioether (sulfide) groups is 1. The molecule has 0 aromatic carbocycles. The number of anilines is 1. The third-order valence-electron chi connectivity index (χ3n) is 4.86. The monoisotopic (exact) mass is 452 g/mol. The van der Waals surface area contributed by atoms with Gasteiger partial charge in [-0.2, -0.15) is 0 Å². The number of amidine groups is 1. The fourth-order valence-electron chi connectivity index (χ4n) is 2.93. The SMILES string of the molecule is CC(C)(C)C(=O)NC(=N)SC(=N)C1CCC(Cc2nnc(NC(=O)C(C)(C)C)s2)C1. The number of carbonyl (C=O) groups is 2. The predicted octanol–water partition coefficient (Wildman–Crippen LogP) is 4.29. The third kappa shape index (κ3) is 7.16. The Kier molecular flexibility index (Phi) is 7.79. The number of amides is 2. The van der Waals surface area contributed by atoms with Crippen molar-refractivity contribution in [2.24, 2.45) is 22.7 Å². The van der Waals surface area contributed by atoms with Crippen LogP contribution in [0.1, 0.15) is 65.8 Å². The molecule has 1 aliphatic carbocycles. The number of rotatable bonds is 4. The number of hydrogen-bond acceptors (Lipinski definition) is 8. The fourth-order valence-corrected chi connectivity index (χ4v) is 4.52. The molecule has 1 aromatic rings. The summed E-state index contributed by atoms with van der Waals surface area (Å²) in [6.07, 6.45) is 3.51. The average molecular weight is 453 g/mol. The van der Waals surface area contributed by atoms with Crippen molar-refractivity contribution in [3.05, 3.63) is 5.01 Å². The molecule has 0 spiro atoms. The topological polar surface area (TPSA) is 132 Å². The summed E-state index contributed by atoms with van der Waals surface area (Å²) in [5.41, 5.74) is -1.05. The lowest BCUT2D eigenvalue weighted by atomic mass is 9.96. The molecule has 8 nitrogen and oxygen atoms in total. The molecule has 30 heavy (non-hydrogen) atoms. The highest BCUT2D eigenvalue weighted by atomic mass is 32.2. The molecule has 0 aliphatic heterocycles. The molecule has 2 unspecified atom stereocenters. The Morgan fingerprint density at radius 3 is 2.30 bits per heavy atom. The van der Waals surface area contributed by atoms with Gasteiger partial charge in [-0.1, -0.05) is 52.9 Å². The van der Waals surface area contributed by atoms with E-state index in [1.54, 1.807) is 20.8 Å². The van der Waals surface area contributed by atoms with E-state index in [-0.39, 0.29) is 22.9 Å².